The largest absolute Gasteiger partial charge is 0.472 e. The number of esters is 3. The molecule has 0 bridgehead atoms. The number of aliphatic hydroxyl groups is 2. The monoisotopic (exact) mass is 1740 g/mol. The topological polar surface area (TPSA) is 231 Å². The Labute approximate surface area is 740 Å². The second-order valence-corrected chi connectivity index (χ2v) is 35.8. The third kappa shape index (κ3) is 95.9. The molecule has 0 saturated heterocycles. The van der Waals surface area contributed by atoms with Gasteiger partial charge in [-0.3, -0.25) is 32.5 Å². The number of rotatable bonds is 93. The van der Waals surface area contributed by atoms with E-state index in [9.17, 15) is 43.5 Å². The summed E-state index contributed by atoms with van der Waals surface area (Å²) in [4.78, 5) is 59.1. The van der Waals surface area contributed by atoms with Crippen LogP contribution in [0.25, 0.3) is 0 Å². The zero-order chi connectivity index (χ0) is 87.9. The second kappa shape index (κ2) is 94.6. The van der Waals surface area contributed by atoms with Gasteiger partial charge in [0.25, 0.3) is 0 Å². The second-order valence-electron chi connectivity index (χ2n) is 32.9. The van der Waals surface area contributed by atoms with Gasteiger partial charge < -0.3 is 34.2 Å². The molecular weight excluding hydrogens is 1560 g/mol. The fourth-order valence-corrected chi connectivity index (χ4v) is 15.1. The number of allylic oxidation sites excluding steroid dienone is 24. The maximum Gasteiger partial charge on any atom is 0.472 e. The number of phosphoric ester groups is 2. The van der Waals surface area contributed by atoms with E-state index in [4.69, 9.17) is 32.3 Å². The molecule has 0 aliphatic heterocycles. The van der Waals surface area contributed by atoms with Gasteiger partial charge in [0, 0.05) is 19.3 Å². The lowest BCUT2D eigenvalue weighted by Gasteiger charge is -2.21. The molecule has 0 rings (SSSR count). The van der Waals surface area contributed by atoms with Gasteiger partial charge >= 0.3 is 33.6 Å². The molecule has 0 aliphatic carbocycles. The molecule has 5 unspecified atom stereocenters. The third-order valence-electron chi connectivity index (χ3n) is 21.0. The summed E-state index contributed by atoms with van der Waals surface area (Å²) in [6, 6.07) is 0. The van der Waals surface area contributed by atoms with Crippen molar-refractivity contribution in [3.05, 3.63) is 146 Å². The van der Waals surface area contributed by atoms with E-state index < -0.39 is 91.5 Å². The minimum Gasteiger partial charge on any atom is -0.463 e. The van der Waals surface area contributed by atoms with Gasteiger partial charge in [0.15, 0.2) is 6.10 Å². The molecule has 0 fully saturated rings. The molecule has 0 aromatic rings. The molecule has 18 heteroatoms. The number of carbonyl (C=O) groups is 3. The van der Waals surface area contributed by atoms with Gasteiger partial charge in [0.1, 0.15) is 25.4 Å². The number of unbranched alkanes of at least 4 members (excludes halogenated alkanes) is 46. The van der Waals surface area contributed by atoms with E-state index in [1.807, 2.05) is 0 Å². The zero-order valence-electron chi connectivity index (χ0n) is 77.2. The fraction of sp³-hybridized carbons (Fsp3) is 0.738. The van der Waals surface area contributed by atoms with Crippen molar-refractivity contribution in [2.75, 3.05) is 39.6 Å². The van der Waals surface area contributed by atoms with Crippen LogP contribution in [0.1, 0.15) is 432 Å². The number of hydrogen-bond acceptors (Lipinski definition) is 14. The summed E-state index contributed by atoms with van der Waals surface area (Å²) in [5.41, 5.74) is 0. The van der Waals surface area contributed by atoms with Crippen molar-refractivity contribution in [1.29, 1.82) is 0 Å². The fourth-order valence-electron chi connectivity index (χ4n) is 13.5. The Morgan fingerprint density at radius 2 is 0.413 bits per heavy atom. The molecule has 0 radical (unpaired) electrons. The molecule has 698 valence electrons. The van der Waals surface area contributed by atoms with Crippen LogP contribution in [-0.2, 0) is 55.8 Å². The molecule has 0 aromatic heterocycles. The van der Waals surface area contributed by atoms with Crippen molar-refractivity contribution in [3.8, 4) is 0 Å². The quantitative estimate of drug-likeness (QED) is 0.0146. The lowest BCUT2D eigenvalue weighted by atomic mass is 10.0. The highest BCUT2D eigenvalue weighted by molar-refractivity contribution is 7.47. The van der Waals surface area contributed by atoms with Crippen LogP contribution in [0, 0.1) is 0 Å². The molecule has 0 heterocycles. The summed E-state index contributed by atoms with van der Waals surface area (Å²) >= 11 is 0. The summed E-state index contributed by atoms with van der Waals surface area (Å²) in [5.74, 6) is -1.57. The van der Waals surface area contributed by atoms with Crippen LogP contribution in [0.5, 0.6) is 0 Å². The minimum absolute atomic E-state index is 0.0945. The van der Waals surface area contributed by atoms with E-state index in [1.165, 1.54) is 231 Å². The Balaban J connectivity index is 4.59. The van der Waals surface area contributed by atoms with Crippen LogP contribution in [0.4, 0.5) is 0 Å². The average Bonchev–Trinajstić information content (AvgIpc) is 0.908. The van der Waals surface area contributed by atoms with E-state index >= 15 is 0 Å². The summed E-state index contributed by atoms with van der Waals surface area (Å²) < 4.78 is 61.6. The molecule has 0 aromatic carbocycles. The molecule has 5 atom stereocenters. The van der Waals surface area contributed by atoms with Crippen molar-refractivity contribution in [2.24, 2.45) is 0 Å². The van der Waals surface area contributed by atoms with E-state index in [-0.39, 0.29) is 19.3 Å². The van der Waals surface area contributed by atoms with Gasteiger partial charge in [-0.2, -0.15) is 0 Å². The van der Waals surface area contributed by atoms with Gasteiger partial charge in [-0.1, -0.05) is 404 Å². The number of phosphoric acid groups is 2. The number of carbonyl (C=O) groups excluding carboxylic acids is 3. The average molecular weight is 1740 g/mol. The van der Waals surface area contributed by atoms with Crippen LogP contribution in [0.15, 0.2) is 146 Å². The summed E-state index contributed by atoms with van der Waals surface area (Å²) in [6.07, 6.45) is 120. The first-order valence-electron chi connectivity index (χ1n) is 49.1. The lowest BCUT2D eigenvalue weighted by molar-refractivity contribution is -0.161. The summed E-state index contributed by atoms with van der Waals surface area (Å²) in [7, 11) is -9.81. The maximum absolute atomic E-state index is 13.1. The van der Waals surface area contributed by atoms with Crippen molar-refractivity contribution < 1.29 is 75.8 Å². The van der Waals surface area contributed by atoms with Gasteiger partial charge in [-0.15, -0.1) is 0 Å². The highest BCUT2D eigenvalue weighted by atomic mass is 31.2. The molecule has 16 nitrogen and oxygen atoms in total. The van der Waals surface area contributed by atoms with Crippen molar-refractivity contribution >= 4 is 33.6 Å². The predicted octanol–water partition coefficient (Wildman–Crippen LogP) is 30.7. The summed E-state index contributed by atoms with van der Waals surface area (Å²) in [5, 5.41) is 20.8. The molecule has 4 N–H and O–H groups in total. The maximum atomic E-state index is 13.1. The molecular formula is C103H180O16P2. The zero-order valence-corrected chi connectivity index (χ0v) is 79.0. The number of aliphatic hydroxyl groups excluding tert-OH is 2. The molecule has 0 saturated carbocycles. The standard InChI is InChI=1S/C103H180O16P2/c1-4-7-10-13-16-19-22-25-28-31-34-37-40-43-45-46-47-48-49-50-52-55-56-59-62-65-68-71-74-77-80-83-86-89-101(106)113-92-98(104)93-115-120(109,110)116-94-99(105)95-117-121(111,112)118-97-100(119-103(108)91-88-85-82-79-76-73-70-67-64-61-58-53-42-39-36-33-30-27-24-21-18-15-12-9-6-3)96-114-102(107)90-87-84-81-78-75-72-69-66-63-60-57-54-51-44-41-38-35-32-29-26-23-20-17-14-11-8-5-2/h16-21,25-30,34-39,43-45,51,53,58,98-100,104-105H,4-15,22-24,31-33,40-42,46-50,52,54-57,59-97H2,1-3H3,(H,109,110)(H,111,112)/b19-16-,20-17-,21-18-,28-25-,29-26-,30-27-,37-34-,38-35-,39-36-,45-43-,51-44-,58-53-. The van der Waals surface area contributed by atoms with Gasteiger partial charge in [0.05, 0.1) is 26.4 Å². The van der Waals surface area contributed by atoms with Crippen LogP contribution in [-0.4, -0.2) is 95.9 Å². The molecule has 0 aliphatic rings. The smallest absolute Gasteiger partial charge is 0.463 e. The van der Waals surface area contributed by atoms with Gasteiger partial charge in [-0.05, 0) is 154 Å². The van der Waals surface area contributed by atoms with Crippen molar-refractivity contribution in [1.82, 2.24) is 0 Å². The van der Waals surface area contributed by atoms with Gasteiger partial charge in [-0.25, -0.2) is 9.13 Å². The SMILES string of the molecule is CCCCC/C=C\C/C=C\C/C=C\C/C=C\CCCCCCCCCCCCCCCCCCCC(=O)OCC(O)COP(=O)(O)OCC(O)COP(=O)(O)OCC(COC(=O)CCCCCCCCCCCCC/C=C\C/C=C\C/C=C\C/C=C\CCCCC)OC(=O)CCCCCCCCCCC/C=C\C/C=C\C/C=C\C/C=C\CCCCC. The molecule has 0 amide bonds. The van der Waals surface area contributed by atoms with Crippen LogP contribution in [0.3, 0.4) is 0 Å². The van der Waals surface area contributed by atoms with E-state index in [1.54, 1.807) is 0 Å². The Morgan fingerprint density at radius 1 is 0.231 bits per heavy atom. The highest BCUT2D eigenvalue weighted by Gasteiger charge is 2.30. The Bertz CT molecular complexity index is 2780. The van der Waals surface area contributed by atoms with Gasteiger partial charge in [0.2, 0.25) is 0 Å². The van der Waals surface area contributed by atoms with E-state index in [0.29, 0.717) is 19.3 Å². The Hall–Kier alpha value is -4.57. The molecule has 121 heavy (non-hydrogen) atoms. The van der Waals surface area contributed by atoms with Crippen LogP contribution < -0.4 is 0 Å². The first-order valence-corrected chi connectivity index (χ1v) is 52.1. The third-order valence-corrected chi connectivity index (χ3v) is 22.9. The first-order chi connectivity index (χ1) is 59.2. The van der Waals surface area contributed by atoms with Crippen LogP contribution >= 0.6 is 15.6 Å². The van der Waals surface area contributed by atoms with Crippen molar-refractivity contribution in [2.45, 2.75) is 450 Å². The summed E-state index contributed by atoms with van der Waals surface area (Å²) in [6.45, 7) is 2.66. The molecule has 0 spiro atoms. The van der Waals surface area contributed by atoms with E-state index in [0.717, 1.165) is 141 Å². The lowest BCUT2D eigenvalue weighted by Crippen LogP contribution is -2.30. The highest BCUT2D eigenvalue weighted by Crippen LogP contribution is 2.45. The van der Waals surface area contributed by atoms with E-state index in [2.05, 4.69) is 167 Å². The Kier molecular flexibility index (Phi) is 91.0. The predicted molar refractivity (Wildman–Crippen MR) is 509 cm³/mol. The number of hydrogen-bond donors (Lipinski definition) is 4. The van der Waals surface area contributed by atoms with Crippen molar-refractivity contribution in [3.63, 3.8) is 0 Å². The minimum atomic E-state index is -4.95. The normalized spacial score (nSPS) is 14.3. The first kappa shape index (κ1) is 116. The Morgan fingerprint density at radius 3 is 0.653 bits per heavy atom. The number of ether oxygens (including phenoxy) is 3. The van der Waals surface area contributed by atoms with Crippen LogP contribution in [0.2, 0.25) is 0 Å².